The van der Waals surface area contributed by atoms with E-state index in [1.54, 1.807) is 11.3 Å². The molecule has 3 saturated carbocycles. The first-order valence-electron chi connectivity index (χ1n) is 50.1. The summed E-state index contributed by atoms with van der Waals surface area (Å²) in [7, 11) is 0. The summed E-state index contributed by atoms with van der Waals surface area (Å²) in [6, 6.07) is 24.6. The number of hydrogen-bond acceptors (Lipinski definition) is 14. The van der Waals surface area contributed by atoms with Gasteiger partial charge in [-0.2, -0.15) is 8.75 Å². The van der Waals surface area contributed by atoms with E-state index >= 15 is 0 Å². The minimum absolute atomic E-state index is 0.544. The van der Waals surface area contributed by atoms with Crippen LogP contribution in [-0.2, 0) is 9.47 Å². The van der Waals surface area contributed by atoms with Gasteiger partial charge < -0.3 is 41.4 Å². The van der Waals surface area contributed by atoms with E-state index in [4.69, 9.17) is 9.47 Å². The molecule has 15 rings (SSSR count). The van der Waals surface area contributed by atoms with Crippen LogP contribution in [0.4, 0.5) is 0 Å². The molecule has 3 aliphatic carbocycles. The Bertz CT molecular complexity index is 2260. The molecule has 6 aliphatic heterocycles. The van der Waals surface area contributed by atoms with E-state index in [1.165, 1.54) is 242 Å². The molecule has 0 radical (unpaired) electrons. The van der Waals surface area contributed by atoms with Gasteiger partial charge in [0.15, 0.2) is 0 Å². The Morgan fingerprint density at radius 2 is 0.500 bits per heavy atom. The largest absolute Gasteiger partial charge is 0.381 e. The van der Waals surface area contributed by atoms with Crippen molar-refractivity contribution >= 4 is 65.6 Å². The van der Waals surface area contributed by atoms with Crippen LogP contribution in [0.25, 0.3) is 31.2 Å². The molecule has 9 fully saturated rings. The fraction of sp³-hybridized carbons (Fsp3) is 0.806. The number of benzene rings is 3. The second kappa shape index (κ2) is 109. The van der Waals surface area contributed by atoms with Crippen molar-refractivity contribution in [2.45, 2.75) is 402 Å². The molecule has 0 unspecified atom stereocenters. The maximum atomic E-state index is 5.07. The maximum Gasteiger partial charge on any atom is 0.0963 e. The fourth-order valence-electron chi connectivity index (χ4n) is 8.36. The zero-order valence-corrected chi connectivity index (χ0v) is 90.6. The summed E-state index contributed by atoms with van der Waals surface area (Å²) in [6.07, 6.45) is 36.7. The van der Waals surface area contributed by atoms with Gasteiger partial charge in [0, 0.05) is 80.7 Å². The van der Waals surface area contributed by atoms with Crippen molar-refractivity contribution in [3.8, 4) is 0 Å². The first-order valence-corrected chi connectivity index (χ1v) is 52.5. The minimum atomic E-state index is 0.544. The third-order valence-corrected chi connectivity index (χ3v) is 16.6. The zero-order chi connectivity index (χ0) is 94.1. The number of aromatic nitrogens is 3. The number of nitrogens with one attached hydrogen (secondary N) is 6. The van der Waals surface area contributed by atoms with Crippen LogP contribution in [0.1, 0.15) is 407 Å². The molecule has 14 heteroatoms. The summed E-state index contributed by atoms with van der Waals surface area (Å²) in [5.41, 5.74) is 2.23. The minimum Gasteiger partial charge on any atom is -0.381 e. The van der Waals surface area contributed by atoms with Gasteiger partial charge in [-0.25, -0.2) is 4.98 Å². The van der Waals surface area contributed by atoms with Crippen LogP contribution in [0.2, 0.25) is 0 Å². The molecular weight excluding hydrogens is 1550 g/mol. The number of piperidine rings is 1. The molecule has 6 aromatic rings. The summed E-state index contributed by atoms with van der Waals surface area (Å²) >= 11 is 4.83. The van der Waals surface area contributed by atoms with Gasteiger partial charge >= 0.3 is 0 Å². The molecule has 122 heavy (non-hydrogen) atoms. The first kappa shape index (κ1) is 134. The number of ether oxygens (including phenoxy) is 2. The average Bonchev–Trinajstić information content (AvgIpc) is 1.70. The fourth-order valence-corrected chi connectivity index (χ4v) is 10.6. The molecule has 0 bridgehead atoms. The molecule has 0 spiro atoms. The second-order valence-corrected chi connectivity index (χ2v) is 42.7. The van der Waals surface area contributed by atoms with Crippen molar-refractivity contribution in [2.75, 3.05) is 105 Å². The van der Waals surface area contributed by atoms with E-state index in [1.807, 2.05) is 42.6 Å². The topological polar surface area (TPSA) is 129 Å². The number of rotatable bonds is 1. The van der Waals surface area contributed by atoms with Crippen molar-refractivity contribution in [1.29, 1.82) is 0 Å². The molecule has 3 aromatic heterocycles. The quantitative estimate of drug-likeness (QED) is 0.0941. The maximum absolute atomic E-state index is 5.07. The lowest BCUT2D eigenvalue weighted by molar-refractivity contribution is 0.0968. The summed E-state index contributed by atoms with van der Waals surface area (Å²) in [5, 5.41) is 25.0. The van der Waals surface area contributed by atoms with Gasteiger partial charge in [0.2, 0.25) is 0 Å². The van der Waals surface area contributed by atoms with E-state index < -0.39 is 0 Å². The van der Waals surface area contributed by atoms with E-state index in [0.29, 0.717) is 5.92 Å². The summed E-state index contributed by atoms with van der Waals surface area (Å²) in [6.45, 7) is 93.7. The van der Waals surface area contributed by atoms with Crippen LogP contribution in [-0.4, -0.2) is 119 Å². The predicted molar refractivity (Wildman–Crippen MR) is 568 cm³/mol. The Morgan fingerprint density at radius 3 is 0.721 bits per heavy atom. The van der Waals surface area contributed by atoms with Crippen molar-refractivity contribution in [1.82, 2.24) is 45.6 Å². The van der Waals surface area contributed by atoms with Gasteiger partial charge in [-0.1, -0.05) is 394 Å². The molecule has 6 saturated heterocycles. The standard InChI is InChI=1S/C10H11NS.2C7H5NS.C6H12.C5H11N.C5H10O.C5H10.C4H10N2.C4H9NO.C4H9N.C4H8.11C4H10.C3H7N/c1-7(2)10-11-8-5-3-4-6-9(8)12-10;1-2-4-7-6(3-1)5-9-8-7;1-2-4-7-6(3-1)5-8-9-7;3*1-2-4-6-5-3-1;1-2-4-5-3-1;1-2-6-4-3-5-1;1-3-6-4-2-5-1;1-2-4-5-3-1;1-2-4-3-1;11*1-4(2)3;1-2-4-3-1/h3-7H,1-2H3;2*1-5H;1-6H2;6H,1-5H2;1-5H2;1-5H2;5-6H,1-4H2;5H,1-4H2;5H,1-4H2;1-4H2;11*4H,1-3H3;4H,1-3H2. The lowest BCUT2D eigenvalue weighted by atomic mass is 10.0. The lowest BCUT2D eigenvalue weighted by Gasteiger charge is -2.11. The smallest absolute Gasteiger partial charge is 0.0963 e. The van der Waals surface area contributed by atoms with Gasteiger partial charge in [0.05, 0.1) is 38.7 Å². The summed E-state index contributed by atoms with van der Waals surface area (Å²) < 4.78 is 20.8. The molecule has 6 N–H and O–H groups in total. The Kier molecular flexibility index (Phi) is 120. The Morgan fingerprint density at radius 1 is 0.254 bits per heavy atom. The highest BCUT2D eigenvalue weighted by Gasteiger charge is 2.06. The molecular formula is C108H217N9O2S3. The molecule has 9 heterocycles. The third kappa shape index (κ3) is 151. The van der Waals surface area contributed by atoms with E-state index in [0.717, 1.165) is 142 Å². The molecule has 9 aliphatic rings. The average molecular weight is 1770 g/mol. The number of morpholine rings is 1. The monoisotopic (exact) mass is 1770 g/mol. The van der Waals surface area contributed by atoms with E-state index in [2.05, 4.69) is 330 Å². The predicted octanol–water partition coefficient (Wildman–Crippen LogP) is 33.2. The van der Waals surface area contributed by atoms with Gasteiger partial charge in [0.1, 0.15) is 0 Å². The second-order valence-electron chi connectivity index (χ2n) is 40.2. The van der Waals surface area contributed by atoms with Crippen LogP contribution in [0.3, 0.4) is 0 Å². The van der Waals surface area contributed by atoms with Crippen LogP contribution >= 0.6 is 34.4 Å². The van der Waals surface area contributed by atoms with Crippen LogP contribution in [0, 0.1) is 65.1 Å². The first-order chi connectivity index (χ1) is 57.8. The van der Waals surface area contributed by atoms with Gasteiger partial charge in [-0.3, -0.25) is 0 Å². The number of thiazole rings is 1. The van der Waals surface area contributed by atoms with Crippen molar-refractivity contribution in [2.24, 2.45) is 65.1 Å². The van der Waals surface area contributed by atoms with Crippen molar-refractivity contribution in [3.63, 3.8) is 0 Å². The SMILES string of the molecule is C1CCC1.C1CCCC1.C1CCCCC1.C1CCNC1.C1CCNCC1.C1CCOCC1.C1CNC1.C1CNCCN1.C1COCCN1.CC(C)C.CC(C)C.CC(C)C.CC(C)C.CC(C)C.CC(C)C.CC(C)C.CC(C)C.CC(C)C.CC(C)C.CC(C)C.CC(C)c1nc2ccccc2s1.c1ccc2nscc2c1.c1ccc2sncc2c1. The van der Waals surface area contributed by atoms with Crippen molar-refractivity contribution in [3.05, 3.63) is 89.4 Å². The molecule has 0 atom stereocenters. The van der Waals surface area contributed by atoms with Crippen LogP contribution in [0.15, 0.2) is 84.4 Å². The number of fused-ring (bicyclic) bond motifs is 3. The summed E-state index contributed by atoms with van der Waals surface area (Å²) in [5.74, 6) is 9.71. The third-order valence-electron chi connectivity index (χ3n) is 13.8. The van der Waals surface area contributed by atoms with Gasteiger partial charge in [-0.05, 0) is 203 Å². The normalized spacial score (nSPS) is 15.3. The van der Waals surface area contributed by atoms with Crippen LogP contribution < -0.4 is 31.9 Å². The number of piperazine rings is 1. The Labute approximate surface area is 777 Å². The number of nitrogens with zero attached hydrogens (tertiary/aromatic N) is 3. The van der Waals surface area contributed by atoms with Crippen molar-refractivity contribution < 1.29 is 9.47 Å². The van der Waals surface area contributed by atoms with E-state index in [9.17, 15) is 0 Å². The highest BCUT2D eigenvalue weighted by molar-refractivity contribution is 7.18. The van der Waals surface area contributed by atoms with E-state index in [-0.39, 0.29) is 0 Å². The lowest BCUT2D eigenvalue weighted by Crippen LogP contribution is -2.39. The molecule has 3 aromatic carbocycles. The highest BCUT2D eigenvalue weighted by atomic mass is 32.1. The van der Waals surface area contributed by atoms with Crippen LogP contribution in [0.5, 0.6) is 0 Å². The Balaban J connectivity index is -0.000000187. The number of para-hydroxylation sites is 1. The Hall–Kier alpha value is -2.99. The number of hydrogen-bond donors (Lipinski definition) is 6. The zero-order valence-electron chi connectivity index (χ0n) is 88.2. The molecule has 724 valence electrons. The highest BCUT2D eigenvalue weighted by Crippen LogP contribution is 2.27. The van der Waals surface area contributed by atoms with Gasteiger partial charge in [-0.15, -0.1) is 11.3 Å². The molecule has 0 amide bonds. The molecule has 11 nitrogen and oxygen atoms in total. The summed E-state index contributed by atoms with van der Waals surface area (Å²) in [4.78, 5) is 4.53. The van der Waals surface area contributed by atoms with Gasteiger partial charge in [0.25, 0.3) is 0 Å².